The molecule has 0 bridgehead atoms. The summed E-state index contributed by atoms with van der Waals surface area (Å²) < 4.78 is 10.3. The van der Waals surface area contributed by atoms with Gasteiger partial charge in [-0.1, -0.05) is 13.8 Å². The first-order chi connectivity index (χ1) is 27.8. The van der Waals surface area contributed by atoms with Gasteiger partial charge in [0, 0.05) is 13.8 Å². The molecule has 0 radical (unpaired) electrons. The molecule has 0 atom stereocenters. The molecule has 4 aromatic carbocycles. The van der Waals surface area contributed by atoms with Gasteiger partial charge in [0.2, 0.25) is 0 Å². The van der Waals surface area contributed by atoms with Crippen LogP contribution in [0, 0.1) is 125 Å². The van der Waals surface area contributed by atoms with Gasteiger partial charge in [0.05, 0.1) is 13.2 Å². The number of carbonyl (C=O) groups is 2. The molecule has 0 saturated carbocycles. The zero-order valence-electron chi connectivity index (χ0n) is 41.8. The van der Waals surface area contributed by atoms with Crippen molar-refractivity contribution in [2.45, 2.75) is 192 Å². The van der Waals surface area contributed by atoms with Crippen molar-refractivity contribution in [1.29, 1.82) is 0 Å². The van der Waals surface area contributed by atoms with Gasteiger partial charge >= 0.3 is 11.9 Å². The largest absolute Gasteiger partial charge is 0.461 e. The predicted octanol–water partition coefficient (Wildman–Crippen LogP) is 12.5. The number of carbonyl (C=O) groups excluding carboxylic acids is 2. The van der Waals surface area contributed by atoms with Crippen molar-refractivity contribution >= 4 is 11.9 Å². The van der Waals surface area contributed by atoms with E-state index < -0.39 is 0 Å². The van der Waals surface area contributed by atoms with Crippen LogP contribution in [0.5, 0.6) is 0 Å². The standard InChI is InChI=1S/C16H22O4.C14H22.C12H18O2.C12H18/c1-9-10(2)12(4)16(8-20-14(6)18)15(11(9)3)7-19-13(5)17;1-7-13-11(5)9(3)10(4)12(6)14(13)8-2;1-7-8(2)10(4)12(6-14)11(5-13)9(7)3;1-7-8(2)10(4)12(6)11(5)9(7)3/h7-8H2,1-6H3;7-8H2,1-6H3;13-14H,5-6H2,1-4H3;1-6H3. The second-order valence-electron chi connectivity index (χ2n) is 16.7. The Hall–Kier alpha value is -4.26. The van der Waals surface area contributed by atoms with Crippen molar-refractivity contribution < 1.29 is 29.3 Å². The minimum atomic E-state index is -0.321. The summed E-state index contributed by atoms with van der Waals surface area (Å²) in [6, 6.07) is 0. The Balaban J connectivity index is 0.000000408. The first-order valence-electron chi connectivity index (χ1n) is 21.6. The average molecular weight is 825 g/mol. The molecule has 0 aliphatic heterocycles. The summed E-state index contributed by atoms with van der Waals surface area (Å²) in [4.78, 5) is 22.1. The lowest BCUT2D eigenvalue weighted by molar-refractivity contribution is -0.144. The van der Waals surface area contributed by atoms with Crippen LogP contribution in [0.4, 0.5) is 0 Å². The van der Waals surface area contributed by atoms with Crippen molar-refractivity contribution in [3.63, 3.8) is 0 Å². The lowest BCUT2D eigenvalue weighted by Gasteiger charge is -2.20. The number of esters is 2. The molecule has 0 unspecified atom stereocenters. The molecule has 2 N–H and O–H groups in total. The summed E-state index contributed by atoms with van der Waals surface area (Å²) in [5.41, 5.74) is 30.6. The normalized spacial score (nSPS) is 10.5. The number of aliphatic hydroxyl groups excluding tert-OH is 2. The third kappa shape index (κ3) is 12.4. The van der Waals surface area contributed by atoms with Crippen molar-refractivity contribution in [1.82, 2.24) is 0 Å². The molecule has 4 rings (SSSR count). The number of hydrogen-bond acceptors (Lipinski definition) is 6. The van der Waals surface area contributed by atoms with Crippen LogP contribution in [0.3, 0.4) is 0 Å². The minimum absolute atomic E-state index is 0.00366. The molecule has 0 saturated heterocycles. The van der Waals surface area contributed by atoms with E-state index in [2.05, 4.69) is 96.9 Å². The van der Waals surface area contributed by atoms with Gasteiger partial charge in [-0.3, -0.25) is 9.59 Å². The highest BCUT2D eigenvalue weighted by molar-refractivity contribution is 5.67. The van der Waals surface area contributed by atoms with E-state index in [1.54, 1.807) is 11.1 Å². The Bertz CT molecular complexity index is 1890. The summed E-state index contributed by atoms with van der Waals surface area (Å²) in [7, 11) is 0. The van der Waals surface area contributed by atoms with Crippen LogP contribution >= 0.6 is 0 Å². The highest BCUT2D eigenvalue weighted by atomic mass is 16.5. The van der Waals surface area contributed by atoms with Crippen LogP contribution in [0.2, 0.25) is 0 Å². The molecule has 60 heavy (non-hydrogen) atoms. The van der Waals surface area contributed by atoms with Crippen molar-refractivity contribution in [2.75, 3.05) is 0 Å². The lowest BCUT2D eigenvalue weighted by Crippen LogP contribution is -2.11. The van der Waals surface area contributed by atoms with Gasteiger partial charge in [-0.25, -0.2) is 0 Å². The maximum Gasteiger partial charge on any atom is 0.302 e. The first-order valence-corrected chi connectivity index (χ1v) is 21.6. The molecule has 0 aromatic heterocycles. The van der Waals surface area contributed by atoms with Crippen molar-refractivity contribution in [3.05, 3.63) is 134 Å². The predicted molar refractivity (Wildman–Crippen MR) is 253 cm³/mol. The molecule has 0 fully saturated rings. The first kappa shape index (κ1) is 53.8. The minimum Gasteiger partial charge on any atom is -0.461 e. The van der Waals surface area contributed by atoms with Crippen molar-refractivity contribution in [3.8, 4) is 0 Å². The van der Waals surface area contributed by atoms with Gasteiger partial charge < -0.3 is 19.7 Å². The number of aliphatic hydroxyl groups is 2. The second-order valence-corrected chi connectivity index (χ2v) is 16.7. The van der Waals surface area contributed by atoms with Gasteiger partial charge in [-0.05, 0) is 271 Å². The Labute approximate surface area is 365 Å². The van der Waals surface area contributed by atoms with E-state index in [1.165, 1.54) is 91.7 Å². The maximum atomic E-state index is 11.0. The van der Waals surface area contributed by atoms with E-state index in [0.717, 1.165) is 57.3 Å². The SMILES string of the molecule is CC(=O)OCc1c(C)c(C)c(C)c(C)c1COC(C)=O.CCc1c(C)c(C)c(C)c(C)c1CC.Cc1c(C)c(C)c(C)c(C)c1C.Cc1c(C)c(C)c(CO)c(CO)c1C. The van der Waals surface area contributed by atoms with Crippen LogP contribution < -0.4 is 0 Å². The van der Waals surface area contributed by atoms with Crippen LogP contribution in [-0.2, 0) is 58.3 Å². The summed E-state index contributed by atoms with van der Waals surface area (Å²) in [6.07, 6.45) is 2.33. The molecule has 0 aliphatic rings. The zero-order chi connectivity index (χ0) is 46.7. The summed E-state index contributed by atoms with van der Waals surface area (Å²) >= 11 is 0. The molecular weight excluding hydrogens is 745 g/mol. The quantitative estimate of drug-likeness (QED) is 0.172. The monoisotopic (exact) mass is 825 g/mol. The van der Waals surface area contributed by atoms with E-state index in [-0.39, 0.29) is 38.4 Å². The number of rotatable bonds is 8. The molecule has 0 heterocycles. The van der Waals surface area contributed by atoms with Crippen LogP contribution in [0.25, 0.3) is 0 Å². The zero-order valence-corrected chi connectivity index (χ0v) is 41.8. The van der Waals surface area contributed by atoms with E-state index in [1.807, 2.05) is 41.5 Å². The fourth-order valence-corrected chi connectivity index (χ4v) is 8.21. The molecule has 6 nitrogen and oxygen atoms in total. The number of benzene rings is 4. The Morgan fingerprint density at radius 3 is 0.650 bits per heavy atom. The van der Waals surface area contributed by atoms with Crippen LogP contribution in [0.1, 0.15) is 161 Å². The molecule has 0 spiro atoms. The third-order valence-corrected chi connectivity index (χ3v) is 14.1. The Kier molecular flexibility index (Phi) is 21.2. The summed E-state index contributed by atoms with van der Waals surface area (Å²) in [5, 5.41) is 18.5. The van der Waals surface area contributed by atoms with E-state index in [9.17, 15) is 19.8 Å². The van der Waals surface area contributed by atoms with Gasteiger partial charge in [0.1, 0.15) is 13.2 Å². The fourth-order valence-electron chi connectivity index (χ4n) is 8.21. The third-order valence-electron chi connectivity index (χ3n) is 14.1. The molecular formula is C54H80O6. The Morgan fingerprint density at radius 1 is 0.317 bits per heavy atom. The smallest absolute Gasteiger partial charge is 0.302 e. The molecule has 0 aliphatic carbocycles. The van der Waals surface area contributed by atoms with Crippen LogP contribution in [0.15, 0.2) is 0 Å². The van der Waals surface area contributed by atoms with Crippen molar-refractivity contribution in [2.24, 2.45) is 0 Å². The van der Waals surface area contributed by atoms with Gasteiger partial charge in [-0.2, -0.15) is 0 Å². The lowest BCUT2D eigenvalue weighted by atomic mass is 9.87. The van der Waals surface area contributed by atoms with E-state index in [0.29, 0.717) is 0 Å². The van der Waals surface area contributed by atoms with Gasteiger partial charge in [-0.15, -0.1) is 0 Å². The highest BCUT2D eigenvalue weighted by Crippen LogP contribution is 2.30. The number of hydrogen-bond donors (Lipinski definition) is 2. The molecule has 6 heteroatoms. The fraction of sp³-hybridized carbons (Fsp3) is 0.519. The summed E-state index contributed by atoms with van der Waals surface area (Å²) in [6.45, 7) is 46.2. The maximum absolute atomic E-state index is 11.0. The van der Waals surface area contributed by atoms with Gasteiger partial charge in [0.25, 0.3) is 0 Å². The molecule has 0 amide bonds. The summed E-state index contributed by atoms with van der Waals surface area (Å²) in [5.74, 6) is -0.641. The number of ether oxygens (including phenoxy) is 2. The highest BCUT2D eigenvalue weighted by Gasteiger charge is 2.18. The Morgan fingerprint density at radius 2 is 0.483 bits per heavy atom. The second kappa shape index (κ2) is 23.7. The van der Waals surface area contributed by atoms with Crippen LogP contribution in [-0.4, -0.2) is 22.2 Å². The van der Waals surface area contributed by atoms with Gasteiger partial charge in [0.15, 0.2) is 0 Å². The topological polar surface area (TPSA) is 93.1 Å². The van der Waals surface area contributed by atoms with E-state index >= 15 is 0 Å². The molecule has 4 aromatic rings. The van der Waals surface area contributed by atoms with E-state index in [4.69, 9.17) is 9.47 Å². The average Bonchev–Trinajstić information content (AvgIpc) is 3.22. The molecule has 332 valence electrons.